The summed E-state index contributed by atoms with van der Waals surface area (Å²) in [6.45, 7) is 5.55. The lowest BCUT2D eigenvalue weighted by molar-refractivity contribution is 0.0591. The third-order valence-electron chi connectivity index (χ3n) is 3.90. The highest BCUT2D eigenvalue weighted by atomic mass is 32.1. The van der Waals surface area contributed by atoms with Gasteiger partial charge in [-0.15, -0.1) is 0 Å². The zero-order chi connectivity index (χ0) is 15.4. The standard InChI is InChI=1S/C15H22N2O3S/c1-4-5-11-6-8-17(9-7-11)15-16-12(14(19)20-3)13(21-15)10(2)18/h11H,4-9H2,1-3H3. The Kier molecular flexibility index (Phi) is 5.33. The lowest BCUT2D eigenvalue weighted by Gasteiger charge is -2.31. The maximum Gasteiger partial charge on any atom is 0.358 e. The van der Waals surface area contributed by atoms with Gasteiger partial charge in [-0.05, 0) is 18.8 Å². The number of hydrogen-bond acceptors (Lipinski definition) is 6. The van der Waals surface area contributed by atoms with Crippen LogP contribution in [0, 0.1) is 5.92 Å². The Morgan fingerprint density at radius 2 is 2.05 bits per heavy atom. The van der Waals surface area contributed by atoms with Crippen LogP contribution in [-0.2, 0) is 4.74 Å². The van der Waals surface area contributed by atoms with E-state index in [-0.39, 0.29) is 11.5 Å². The molecule has 1 fully saturated rings. The Hall–Kier alpha value is -1.43. The van der Waals surface area contributed by atoms with Gasteiger partial charge in [-0.3, -0.25) is 4.79 Å². The summed E-state index contributed by atoms with van der Waals surface area (Å²) >= 11 is 1.30. The molecule has 0 aromatic carbocycles. The molecule has 6 heteroatoms. The summed E-state index contributed by atoms with van der Waals surface area (Å²) in [5, 5.41) is 0.760. The fraction of sp³-hybridized carbons (Fsp3) is 0.667. The van der Waals surface area contributed by atoms with Crippen molar-refractivity contribution in [2.24, 2.45) is 5.92 Å². The first-order chi connectivity index (χ1) is 10.1. The predicted molar refractivity (Wildman–Crippen MR) is 83.3 cm³/mol. The summed E-state index contributed by atoms with van der Waals surface area (Å²) in [5.41, 5.74) is 0.153. The average Bonchev–Trinajstić information content (AvgIpc) is 2.93. The van der Waals surface area contributed by atoms with Crippen molar-refractivity contribution in [2.75, 3.05) is 25.1 Å². The summed E-state index contributed by atoms with van der Waals surface area (Å²) in [6.07, 6.45) is 4.80. The number of nitrogens with zero attached hydrogens (tertiary/aromatic N) is 2. The summed E-state index contributed by atoms with van der Waals surface area (Å²) in [5.74, 6) is 0.113. The second-order valence-electron chi connectivity index (χ2n) is 5.44. The lowest BCUT2D eigenvalue weighted by Crippen LogP contribution is -2.33. The number of thiazole rings is 1. The molecule has 2 heterocycles. The van der Waals surface area contributed by atoms with E-state index in [9.17, 15) is 9.59 Å². The van der Waals surface area contributed by atoms with Gasteiger partial charge in [0.25, 0.3) is 0 Å². The van der Waals surface area contributed by atoms with Gasteiger partial charge < -0.3 is 9.64 Å². The molecule has 0 N–H and O–H groups in total. The zero-order valence-electron chi connectivity index (χ0n) is 12.8. The average molecular weight is 310 g/mol. The number of esters is 1. The molecule has 0 saturated carbocycles. The summed E-state index contributed by atoms with van der Waals surface area (Å²) < 4.78 is 4.71. The number of ketones is 1. The van der Waals surface area contributed by atoms with E-state index in [2.05, 4.69) is 16.8 Å². The van der Waals surface area contributed by atoms with Crippen LogP contribution >= 0.6 is 11.3 Å². The zero-order valence-corrected chi connectivity index (χ0v) is 13.7. The van der Waals surface area contributed by atoms with Crippen LogP contribution < -0.4 is 4.90 Å². The second kappa shape index (κ2) is 7.02. The van der Waals surface area contributed by atoms with E-state index in [0.717, 1.165) is 37.0 Å². The molecule has 1 aliphatic rings. The Morgan fingerprint density at radius 1 is 1.38 bits per heavy atom. The van der Waals surface area contributed by atoms with E-state index in [4.69, 9.17) is 4.74 Å². The predicted octanol–water partition coefficient (Wildman–Crippen LogP) is 3.15. The first-order valence-electron chi connectivity index (χ1n) is 7.41. The van der Waals surface area contributed by atoms with Gasteiger partial charge in [0.1, 0.15) is 4.88 Å². The molecule has 1 saturated heterocycles. The summed E-state index contributed by atoms with van der Waals surface area (Å²) in [6, 6.07) is 0. The number of ether oxygens (including phenoxy) is 1. The monoisotopic (exact) mass is 310 g/mol. The topological polar surface area (TPSA) is 59.5 Å². The van der Waals surface area contributed by atoms with Crippen LogP contribution in [0.2, 0.25) is 0 Å². The van der Waals surface area contributed by atoms with Gasteiger partial charge in [-0.25, -0.2) is 9.78 Å². The number of Topliss-reactive ketones (excluding diaryl/α,β-unsaturated/α-hetero) is 1. The molecule has 1 aromatic rings. The molecular weight excluding hydrogens is 288 g/mol. The molecule has 116 valence electrons. The Bertz CT molecular complexity index is 519. The number of methoxy groups -OCH3 is 1. The van der Waals surface area contributed by atoms with E-state index in [1.54, 1.807) is 0 Å². The van der Waals surface area contributed by atoms with Crippen LogP contribution in [0.3, 0.4) is 0 Å². The van der Waals surface area contributed by atoms with Gasteiger partial charge in [0, 0.05) is 20.0 Å². The van der Waals surface area contributed by atoms with Crippen LogP contribution in [0.5, 0.6) is 0 Å². The van der Waals surface area contributed by atoms with Crippen LogP contribution in [0.4, 0.5) is 5.13 Å². The lowest BCUT2D eigenvalue weighted by atomic mass is 9.93. The highest BCUT2D eigenvalue weighted by Crippen LogP contribution is 2.31. The minimum Gasteiger partial charge on any atom is -0.464 e. The molecule has 0 amide bonds. The van der Waals surface area contributed by atoms with Crippen molar-refractivity contribution >= 4 is 28.2 Å². The molecule has 1 aromatic heterocycles. The van der Waals surface area contributed by atoms with Crippen molar-refractivity contribution in [1.29, 1.82) is 0 Å². The van der Waals surface area contributed by atoms with Gasteiger partial charge in [0.15, 0.2) is 16.6 Å². The summed E-state index contributed by atoms with van der Waals surface area (Å²) in [7, 11) is 1.31. The molecule has 0 aliphatic carbocycles. The minimum absolute atomic E-state index is 0.139. The molecule has 1 aliphatic heterocycles. The van der Waals surface area contributed by atoms with Crippen LogP contribution in [0.25, 0.3) is 0 Å². The first kappa shape index (κ1) is 15.9. The van der Waals surface area contributed by atoms with Gasteiger partial charge in [0.2, 0.25) is 0 Å². The highest BCUT2D eigenvalue weighted by Gasteiger charge is 2.26. The molecule has 5 nitrogen and oxygen atoms in total. The fourth-order valence-corrected chi connectivity index (χ4v) is 3.74. The van der Waals surface area contributed by atoms with E-state index >= 15 is 0 Å². The molecule has 0 unspecified atom stereocenters. The number of hydrogen-bond donors (Lipinski definition) is 0. The molecule has 0 bridgehead atoms. The highest BCUT2D eigenvalue weighted by molar-refractivity contribution is 7.17. The van der Waals surface area contributed by atoms with Crippen molar-refractivity contribution in [3.63, 3.8) is 0 Å². The minimum atomic E-state index is -0.538. The Morgan fingerprint density at radius 3 is 2.57 bits per heavy atom. The van der Waals surface area contributed by atoms with Crippen molar-refractivity contribution in [3.8, 4) is 0 Å². The number of piperidine rings is 1. The van der Waals surface area contributed by atoms with Gasteiger partial charge in [0.05, 0.1) is 7.11 Å². The Labute approximate surface area is 129 Å². The quantitative estimate of drug-likeness (QED) is 0.617. The van der Waals surface area contributed by atoms with Crippen molar-refractivity contribution < 1.29 is 14.3 Å². The number of rotatable bonds is 5. The third-order valence-corrected chi connectivity index (χ3v) is 5.11. The second-order valence-corrected chi connectivity index (χ2v) is 6.42. The van der Waals surface area contributed by atoms with Gasteiger partial charge in [-0.2, -0.15) is 0 Å². The molecule has 2 rings (SSSR count). The van der Waals surface area contributed by atoms with Crippen LogP contribution in [0.15, 0.2) is 0 Å². The Balaban J connectivity index is 2.14. The maximum atomic E-state index is 11.7. The summed E-state index contributed by atoms with van der Waals surface area (Å²) in [4.78, 5) is 30.3. The maximum absolute atomic E-state index is 11.7. The molecular formula is C15H22N2O3S. The van der Waals surface area contributed by atoms with E-state index in [1.807, 2.05) is 0 Å². The number of carbonyl (C=O) groups is 2. The number of carbonyl (C=O) groups excluding carboxylic acids is 2. The van der Waals surface area contributed by atoms with Crippen LogP contribution in [0.1, 0.15) is 59.7 Å². The van der Waals surface area contributed by atoms with Crippen LogP contribution in [-0.4, -0.2) is 36.9 Å². The molecule has 0 atom stereocenters. The smallest absolute Gasteiger partial charge is 0.358 e. The van der Waals surface area contributed by atoms with E-state index in [1.165, 1.54) is 38.2 Å². The molecule has 21 heavy (non-hydrogen) atoms. The van der Waals surface area contributed by atoms with E-state index < -0.39 is 5.97 Å². The largest absolute Gasteiger partial charge is 0.464 e. The molecule has 0 spiro atoms. The third kappa shape index (κ3) is 3.61. The number of anilines is 1. The van der Waals surface area contributed by atoms with Gasteiger partial charge in [-0.1, -0.05) is 31.1 Å². The van der Waals surface area contributed by atoms with Crippen molar-refractivity contribution in [3.05, 3.63) is 10.6 Å². The SMILES string of the molecule is CCCC1CCN(c2nc(C(=O)OC)c(C(C)=O)s2)CC1. The fourth-order valence-electron chi connectivity index (χ4n) is 2.74. The van der Waals surface area contributed by atoms with Gasteiger partial charge >= 0.3 is 5.97 Å². The van der Waals surface area contributed by atoms with Crippen molar-refractivity contribution in [1.82, 2.24) is 4.98 Å². The van der Waals surface area contributed by atoms with Crippen molar-refractivity contribution in [2.45, 2.75) is 39.5 Å². The molecule has 0 radical (unpaired) electrons. The number of aromatic nitrogens is 1. The normalized spacial score (nSPS) is 16.0. The first-order valence-corrected chi connectivity index (χ1v) is 8.23. The van der Waals surface area contributed by atoms with E-state index in [0.29, 0.717) is 4.88 Å².